The molecule has 0 aliphatic heterocycles. The number of aromatic nitrogens is 1. The Bertz CT molecular complexity index is 307. The molecular formula is C8H12N4. The molecule has 0 aromatic carbocycles. The fraction of sp³-hybridized carbons (Fsp3) is 0.250. The summed E-state index contributed by atoms with van der Waals surface area (Å²) in [6, 6.07) is 1.71. The number of rotatable bonds is 1. The van der Waals surface area contributed by atoms with Crippen molar-refractivity contribution in [2.45, 2.75) is 13.8 Å². The largest absolute Gasteiger partial charge is 0.398 e. The van der Waals surface area contributed by atoms with Gasteiger partial charge in [-0.3, -0.25) is 10.4 Å². The lowest BCUT2D eigenvalue weighted by atomic mass is 10.1. The highest BCUT2D eigenvalue weighted by Gasteiger charge is 2.07. The first-order valence-corrected chi connectivity index (χ1v) is 3.60. The van der Waals surface area contributed by atoms with Gasteiger partial charge < -0.3 is 11.5 Å². The van der Waals surface area contributed by atoms with Gasteiger partial charge in [-0.1, -0.05) is 0 Å². The Morgan fingerprint density at radius 3 is 2.50 bits per heavy atom. The van der Waals surface area contributed by atoms with Crippen LogP contribution in [0.4, 0.5) is 5.69 Å². The van der Waals surface area contributed by atoms with E-state index in [1.54, 1.807) is 13.0 Å². The molecule has 1 aromatic heterocycles. The van der Waals surface area contributed by atoms with Gasteiger partial charge in [0.05, 0.1) is 11.3 Å². The summed E-state index contributed by atoms with van der Waals surface area (Å²) in [5, 5.41) is 7.25. The Morgan fingerprint density at radius 1 is 1.50 bits per heavy atom. The first kappa shape index (κ1) is 8.52. The molecule has 1 rings (SSSR count). The van der Waals surface area contributed by atoms with Crippen LogP contribution in [-0.4, -0.2) is 10.8 Å². The second-order valence-electron chi connectivity index (χ2n) is 2.73. The maximum absolute atomic E-state index is 7.25. The minimum atomic E-state index is -0.0301. The van der Waals surface area contributed by atoms with Crippen LogP contribution in [0.3, 0.4) is 0 Å². The van der Waals surface area contributed by atoms with E-state index in [0.717, 1.165) is 5.69 Å². The Hall–Kier alpha value is -1.58. The smallest absolute Gasteiger partial charge is 0.126 e. The van der Waals surface area contributed by atoms with Crippen LogP contribution >= 0.6 is 0 Å². The number of nitrogens with one attached hydrogen (secondary N) is 1. The van der Waals surface area contributed by atoms with Crippen molar-refractivity contribution in [1.82, 2.24) is 4.98 Å². The van der Waals surface area contributed by atoms with Gasteiger partial charge >= 0.3 is 0 Å². The summed E-state index contributed by atoms with van der Waals surface area (Å²) >= 11 is 0. The van der Waals surface area contributed by atoms with Crippen molar-refractivity contribution < 1.29 is 0 Å². The van der Waals surface area contributed by atoms with Crippen molar-refractivity contribution in [1.29, 1.82) is 5.41 Å². The van der Waals surface area contributed by atoms with Crippen molar-refractivity contribution in [2.75, 3.05) is 5.73 Å². The topological polar surface area (TPSA) is 88.8 Å². The lowest BCUT2D eigenvalue weighted by Crippen LogP contribution is -2.16. The van der Waals surface area contributed by atoms with Gasteiger partial charge in [-0.15, -0.1) is 0 Å². The van der Waals surface area contributed by atoms with Crippen molar-refractivity contribution in [3.8, 4) is 0 Å². The summed E-state index contributed by atoms with van der Waals surface area (Å²) in [6.07, 6.45) is 0. The number of nitrogen functional groups attached to an aromatic ring is 2. The van der Waals surface area contributed by atoms with Crippen molar-refractivity contribution in [3.05, 3.63) is 23.0 Å². The first-order chi connectivity index (χ1) is 5.52. The summed E-state index contributed by atoms with van der Waals surface area (Å²) in [7, 11) is 0. The van der Waals surface area contributed by atoms with Crippen molar-refractivity contribution >= 4 is 11.5 Å². The molecule has 0 bridgehead atoms. The maximum atomic E-state index is 7.25. The molecule has 1 aromatic rings. The molecule has 12 heavy (non-hydrogen) atoms. The molecule has 0 atom stereocenters. The summed E-state index contributed by atoms with van der Waals surface area (Å²) in [5.41, 5.74) is 13.6. The molecule has 0 spiro atoms. The Labute approximate surface area is 71.1 Å². The third-order valence-electron chi connectivity index (χ3n) is 1.63. The zero-order chi connectivity index (χ0) is 9.30. The van der Waals surface area contributed by atoms with Crippen LogP contribution in [0, 0.1) is 19.3 Å². The van der Waals surface area contributed by atoms with E-state index in [-0.39, 0.29) is 5.84 Å². The van der Waals surface area contributed by atoms with Crippen LogP contribution < -0.4 is 11.5 Å². The number of amidine groups is 1. The fourth-order valence-electron chi connectivity index (χ4n) is 1.21. The van der Waals surface area contributed by atoms with E-state index < -0.39 is 0 Å². The minimum Gasteiger partial charge on any atom is -0.398 e. The average molecular weight is 164 g/mol. The molecule has 0 radical (unpaired) electrons. The highest BCUT2D eigenvalue weighted by molar-refractivity contribution is 6.00. The minimum absolute atomic E-state index is 0.0301. The molecule has 0 saturated carbocycles. The van der Waals surface area contributed by atoms with E-state index in [4.69, 9.17) is 16.9 Å². The molecule has 1 heterocycles. The van der Waals surface area contributed by atoms with E-state index in [1.807, 2.05) is 6.92 Å². The summed E-state index contributed by atoms with van der Waals surface area (Å²) < 4.78 is 0. The number of nitrogens with two attached hydrogens (primary N) is 2. The van der Waals surface area contributed by atoms with Crippen LogP contribution in [0.2, 0.25) is 0 Å². The molecule has 64 valence electrons. The lowest BCUT2D eigenvalue weighted by molar-refractivity contribution is 1.11. The number of nitrogens with zero attached hydrogens (tertiary/aromatic N) is 1. The number of aryl methyl sites for hydroxylation is 2. The lowest BCUT2D eigenvalue weighted by Gasteiger charge is -2.07. The number of hydrogen-bond donors (Lipinski definition) is 3. The molecule has 4 heteroatoms. The third-order valence-corrected chi connectivity index (χ3v) is 1.63. The molecule has 0 fully saturated rings. The van der Waals surface area contributed by atoms with Crippen LogP contribution in [0.15, 0.2) is 6.07 Å². The van der Waals surface area contributed by atoms with Crippen LogP contribution in [0.25, 0.3) is 0 Å². The fourth-order valence-corrected chi connectivity index (χ4v) is 1.21. The van der Waals surface area contributed by atoms with E-state index in [1.165, 1.54) is 0 Å². The van der Waals surface area contributed by atoms with Gasteiger partial charge in [-0.05, 0) is 19.9 Å². The quantitative estimate of drug-likeness (QED) is 0.418. The first-order valence-electron chi connectivity index (χ1n) is 3.60. The third kappa shape index (κ3) is 1.37. The van der Waals surface area contributed by atoms with Gasteiger partial charge in [0, 0.05) is 11.4 Å². The zero-order valence-electron chi connectivity index (χ0n) is 7.18. The predicted octanol–water partition coefficient (Wildman–Crippen LogP) is 0.565. The standard InChI is InChI=1S/C8H12N4/c1-4-3-6(9)7(8(10)11)5(2)12-4/h3H,1-2H3,(H2,9,12)(H3,10,11). The van der Waals surface area contributed by atoms with E-state index >= 15 is 0 Å². The molecule has 0 amide bonds. The summed E-state index contributed by atoms with van der Waals surface area (Å²) in [4.78, 5) is 4.15. The molecule has 0 unspecified atom stereocenters. The molecule has 4 nitrogen and oxygen atoms in total. The average Bonchev–Trinajstić information content (AvgIpc) is 1.82. The summed E-state index contributed by atoms with van der Waals surface area (Å²) in [5.74, 6) is -0.0301. The van der Waals surface area contributed by atoms with Gasteiger partial charge in [0.1, 0.15) is 5.84 Å². The monoisotopic (exact) mass is 164 g/mol. The van der Waals surface area contributed by atoms with Crippen molar-refractivity contribution in [3.63, 3.8) is 0 Å². The van der Waals surface area contributed by atoms with Crippen LogP contribution in [0.1, 0.15) is 17.0 Å². The van der Waals surface area contributed by atoms with Gasteiger partial charge in [0.15, 0.2) is 0 Å². The molecule has 0 aliphatic rings. The van der Waals surface area contributed by atoms with Gasteiger partial charge in [0.25, 0.3) is 0 Å². The second kappa shape index (κ2) is 2.81. The van der Waals surface area contributed by atoms with Crippen LogP contribution in [-0.2, 0) is 0 Å². The summed E-state index contributed by atoms with van der Waals surface area (Å²) in [6.45, 7) is 3.65. The van der Waals surface area contributed by atoms with Crippen LogP contribution in [0.5, 0.6) is 0 Å². The van der Waals surface area contributed by atoms with Crippen molar-refractivity contribution in [2.24, 2.45) is 5.73 Å². The molecule has 0 saturated heterocycles. The van der Waals surface area contributed by atoms with Gasteiger partial charge in [-0.2, -0.15) is 0 Å². The SMILES string of the molecule is Cc1cc(N)c(C(=N)N)c(C)n1. The highest BCUT2D eigenvalue weighted by atomic mass is 14.8. The number of anilines is 1. The normalized spacial score (nSPS) is 9.83. The maximum Gasteiger partial charge on any atom is 0.126 e. The molecular weight excluding hydrogens is 152 g/mol. The number of pyridine rings is 1. The molecule has 5 N–H and O–H groups in total. The van der Waals surface area contributed by atoms with E-state index in [2.05, 4.69) is 4.98 Å². The Balaban J connectivity index is 3.38. The number of hydrogen-bond acceptors (Lipinski definition) is 3. The zero-order valence-corrected chi connectivity index (χ0v) is 7.18. The van der Waals surface area contributed by atoms with E-state index in [0.29, 0.717) is 16.9 Å². The second-order valence-corrected chi connectivity index (χ2v) is 2.73. The molecule has 0 aliphatic carbocycles. The van der Waals surface area contributed by atoms with Gasteiger partial charge in [-0.25, -0.2) is 0 Å². The predicted molar refractivity (Wildman–Crippen MR) is 49.1 cm³/mol. The van der Waals surface area contributed by atoms with E-state index in [9.17, 15) is 0 Å². The van der Waals surface area contributed by atoms with Gasteiger partial charge in [0.2, 0.25) is 0 Å². The highest BCUT2D eigenvalue weighted by Crippen LogP contribution is 2.14. The Kier molecular flexibility index (Phi) is 1.99. The Morgan fingerprint density at radius 2 is 2.08 bits per heavy atom.